The van der Waals surface area contributed by atoms with Crippen molar-refractivity contribution in [2.45, 2.75) is 78.9 Å². The monoisotopic (exact) mass is 831 g/mol. The zero-order valence-corrected chi connectivity index (χ0v) is 35.8. The van der Waals surface area contributed by atoms with Crippen molar-refractivity contribution in [1.82, 2.24) is 10.2 Å². The minimum Gasteiger partial charge on any atom is -0.429 e. The van der Waals surface area contributed by atoms with E-state index < -0.39 is 35.7 Å². The van der Waals surface area contributed by atoms with Gasteiger partial charge in [-0.3, -0.25) is 14.4 Å². The number of rotatable bonds is 33. The molecule has 0 radical (unpaired) electrons. The van der Waals surface area contributed by atoms with E-state index in [0.717, 1.165) is 0 Å². The predicted molar refractivity (Wildman–Crippen MR) is 213 cm³/mol. The molecule has 18 heteroatoms. The standard InChI is InChI=1S/C40H69N3O15/c1-30(2)36(57-39(48)58-40(4,5)6)38(47)41-31(3)37(46)42-34-10-9-32(29-44)33(27-34)28-43(7)35(45)11-12-50-15-16-52-19-20-54-23-24-56-26-25-55-22-21-53-18-17-51-14-13-49-8/h9-10,27,30-31,36,44H,11-26,28-29H2,1-8H3,(H,41,47)(H,42,46)/t31-,36-/m0/s1. The zero-order valence-electron chi connectivity index (χ0n) is 35.8. The summed E-state index contributed by atoms with van der Waals surface area (Å²) >= 11 is 0. The van der Waals surface area contributed by atoms with Gasteiger partial charge >= 0.3 is 6.16 Å². The van der Waals surface area contributed by atoms with Crippen molar-refractivity contribution < 1.29 is 71.7 Å². The summed E-state index contributed by atoms with van der Waals surface area (Å²) in [6.07, 6.45) is -2.02. The average molecular weight is 832 g/mol. The molecular weight excluding hydrogens is 762 g/mol. The lowest BCUT2D eigenvalue weighted by Gasteiger charge is -2.25. The number of carbonyl (C=O) groups excluding carboxylic acids is 4. The Morgan fingerprint density at radius 1 is 0.690 bits per heavy atom. The lowest BCUT2D eigenvalue weighted by atomic mass is 10.1. The van der Waals surface area contributed by atoms with Crippen molar-refractivity contribution in [3.8, 4) is 0 Å². The fourth-order valence-corrected chi connectivity index (χ4v) is 4.74. The topological polar surface area (TPSA) is 208 Å². The first-order valence-electron chi connectivity index (χ1n) is 19.7. The fourth-order valence-electron chi connectivity index (χ4n) is 4.74. The molecule has 0 aromatic heterocycles. The van der Waals surface area contributed by atoms with Crippen molar-refractivity contribution >= 4 is 29.6 Å². The summed E-state index contributed by atoms with van der Waals surface area (Å²) in [7, 11) is 3.27. The van der Waals surface area contributed by atoms with Crippen molar-refractivity contribution in [2.24, 2.45) is 5.92 Å². The summed E-state index contributed by atoms with van der Waals surface area (Å²) in [6, 6.07) is 3.95. The molecule has 0 fully saturated rings. The maximum absolute atomic E-state index is 13.0. The van der Waals surface area contributed by atoms with Crippen LogP contribution in [0.5, 0.6) is 0 Å². The summed E-state index contributed by atoms with van der Waals surface area (Å²) in [5.41, 5.74) is 0.819. The molecule has 334 valence electrons. The molecule has 58 heavy (non-hydrogen) atoms. The van der Waals surface area contributed by atoms with Gasteiger partial charge < -0.3 is 68.0 Å². The molecule has 1 aromatic rings. The van der Waals surface area contributed by atoms with Crippen molar-refractivity contribution in [1.29, 1.82) is 0 Å². The molecule has 3 amide bonds. The Hall–Kier alpha value is -3.46. The second-order valence-electron chi connectivity index (χ2n) is 14.4. The molecule has 0 spiro atoms. The zero-order chi connectivity index (χ0) is 43.2. The van der Waals surface area contributed by atoms with Gasteiger partial charge in [-0.2, -0.15) is 0 Å². The van der Waals surface area contributed by atoms with Crippen molar-refractivity contribution in [3.05, 3.63) is 29.3 Å². The number of carbonyl (C=O) groups is 4. The van der Waals surface area contributed by atoms with E-state index in [2.05, 4.69) is 10.6 Å². The number of ether oxygens (including phenoxy) is 10. The minimum atomic E-state index is -1.17. The fraction of sp³-hybridized carbons (Fsp3) is 0.750. The van der Waals surface area contributed by atoms with Gasteiger partial charge in [0.15, 0.2) is 6.10 Å². The SMILES string of the molecule is COCCOCCOCCOCCOCCOCCOCCOCCC(=O)N(C)Cc1cc(NC(=O)[C@H](C)NC(=O)[C@@H](OC(=O)OC(C)(C)C)C(C)C)ccc1CO. The van der Waals surface area contributed by atoms with Gasteiger partial charge in [0.2, 0.25) is 11.8 Å². The molecule has 1 rings (SSSR count). The van der Waals surface area contributed by atoms with E-state index >= 15 is 0 Å². The molecule has 0 saturated carbocycles. The molecule has 0 heterocycles. The second-order valence-corrected chi connectivity index (χ2v) is 14.4. The maximum Gasteiger partial charge on any atom is 0.509 e. The number of nitrogens with one attached hydrogen (secondary N) is 2. The van der Waals surface area contributed by atoms with E-state index in [1.807, 2.05) is 0 Å². The number of hydrogen-bond acceptors (Lipinski definition) is 15. The summed E-state index contributed by atoms with van der Waals surface area (Å²) in [4.78, 5) is 52.4. The van der Waals surface area contributed by atoms with Gasteiger partial charge in [0.25, 0.3) is 5.91 Å². The third-order valence-corrected chi connectivity index (χ3v) is 7.83. The minimum absolute atomic E-state index is 0.140. The van der Waals surface area contributed by atoms with E-state index in [1.54, 1.807) is 67.0 Å². The Kier molecular flexibility index (Phi) is 28.5. The Bertz CT molecular complexity index is 1290. The molecule has 0 aliphatic rings. The largest absolute Gasteiger partial charge is 0.509 e. The molecule has 0 aliphatic carbocycles. The maximum atomic E-state index is 13.0. The van der Waals surface area contributed by atoms with Crippen LogP contribution >= 0.6 is 0 Å². The quantitative estimate of drug-likeness (QED) is 0.0688. The van der Waals surface area contributed by atoms with E-state index in [-0.39, 0.29) is 38.0 Å². The highest BCUT2D eigenvalue weighted by Gasteiger charge is 2.31. The number of anilines is 1. The van der Waals surface area contributed by atoms with Gasteiger partial charge in [-0.15, -0.1) is 0 Å². The Labute approximate surface area is 343 Å². The van der Waals surface area contributed by atoms with Gasteiger partial charge in [0, 0.05) is 26.4 Å². The molecule has 0 saturated heterocycles. The lowest BCUT2D eigenvalue weighted by molar-refractivity contribution is -0.137. The van der Waals surface area contributed by atoms with Crippen LogP contribution in [0.25, 0.3) is 0 Å². The van der Waals surface area contributed by atoms with Gasteiger partial charge in [0.1, 0.15) is 11.6 Å². The second kappa shape index (κ2) is 31.5. The van der Waals surface area contributed by atoms with E-state index in [0.29, 0.717) is 109 Å². The van der Waals surface area contributed by atoms with E-state index in [1.165, 1.54) is 11.8 Å². The molecule has 2 atom stereocenters. The molecule has 0 unspecified atom stereocenters. The summed E-state index contributed by atoms with van der Waals surface area (Å²) in [5.74, 6) is -1.72. The van der Waals surface area contributed by atoms with Gasteiger partial charge in [-0.05, 0) is 56.9 Å². The average Bonchev–Trinajstić information content (AvgIpc) is 3.16. The number of aliphatic hydroxyl groups is 1. The highest BCUT2D eigenvalue weighted by Crippen LogP contribution is 2.19. The Morgan fingerprint density at radius 2 is 1.16 bits per heavy atom. The van der Waals surface area contributed by atoms with Crippen molar-refractivity contribution in [2.75, 3.05) is 119 Å². The lowest BCUT2D eigenvalue weighted by Crippen LogP contribution is -2.49. The number of amides is 3. The molecular formula is C40H69N3O15. The van der Waals surface area contributed by atoms with Crippen molar-refractivity contribution in [3.63, 3.8) is 0 Å². The van der Waals surface area contributed by atoms with Crippen LogP contribution in [0.15, 0.2) is 18.2 Å². The number of nitrogens with zero attached hydrogens (tertiary/aromatic N) is 1. The summed E-state index contributed by atoms with van der Waals surface area (Å²) < 4.78 is 53.5. The van der Waals surface area contributed by atoms with Crippen LogP contribution in [0.1, 0.15) is 59.1 Å². The van der Waals surface area contributed by atoms with Crippen LogP contribution in [0.4, 0.5) is 10.5 Å². The van der Waals surface area contributed by atoms with Crippen LogP contribution in [0.2, 0.25) is 0 Å². The van der Waals surface area contributed by atoms with Crippen LogP contribution in [0, 0.1) is 5.92 Å². The van der Waals surface area contributed by atoms with Gasteiger partial charge in [-0.25, -0.2) is 4.79 Å². The smallest absolute Gasteiger partial charge is 0.429 e. The highest BCUT2D eigenvalue weighted by molar-refractivity contribution is 5.97. The highest BCUT2D eigenvalue weighted by atomic mass is 16.7. The first-order chi connectivity index (χ1) is 27.7. The van der Waals surface area contributed by atoms with Crippen LogP contribution in [0.3, 0.4) is 0 Å². The molecule has 0 aliphatic heterocycles. The number of benzene rings is 1. The van der Waals surface area contributed by atoms with Gasteiger partial charge in [0.05, 0.1) is 112 Å². The number of hydrogen-bond donors (Lipinski definition) is 3. The molecule has 3 N–H and O–H groups in total. The molecule has 0 bridgehead atoms. The summed E-state index contributed by atoms with van der Waals surface area (Å²) in [6.45, 7) is 16.5. The molecule has 18 nitrogen and oxygen atoms in total. The number of aliphatic hydroxyl groups excluding tert-OH is 1. The Morgan fingerprint density at radius 3 is 1.59 bits per heavy atom. The van der Waals surface area contributed by atoms with Crippen LogP contribution in [-0.2, 0) is 74.9 Å². The first-order valence-corrected chi connectivity index (χ1v) is 19.7. The Balaban J connectivity index is 2.26. The number of methoxy groups -OCH3 is 1. The van der Waals surface area contributed by atoms with Gasteiger partial charge in [-0.1, -0.05) is 19.9 Å². The van der Waals surface area contributed by atoms with Crippen LogP contribution < -0.4 is 10.6 Å². The molecule has 1 aromatic carbocycles. The van der Waals surface area contributed by atoms with Crippen LogP contribution in [-0.4, -0.2) is 165 Å². The predicted octanol–water partition coefficient (Wildman–Crippen LogP) is 2.71. The van der Waals surface area contributed by atoms with E-state index in [9.17, 15) is 24.3 Å². The summed E-state index contributed by atoms with van der Waals surface area (Å²) in [5, 5.41) is 15.2. The van der Waals surface area contributed by atoms with E-state index in [4.69, 9.17) is 47.4 Å². The third kappa shape index (κ3) is 25.8. The normalized spacial score (nSPS) is 12.6. The first kappa shape index (κ1) is 52.6. The third-order valence-electron chi connectivity index (χ3n) is 7.83.